The predicted octanol–water partition coefficient (Wildman–Crippen LogP) is 3.88. The van der Waals surface area contributed by atoms with Crippen molar-refractivity contribution in [3.05, 3.63) is 53.6 Å². The molecule has 1 aliphatic heterocycles. The molecule has 0 spiro atoms. The largest absolute Gasteiger partial charge is 0.497 e. The summed E-state index contributed by atoms with van der Waals surface area (Å²) in [5, 5.41) is -0.0145. The molecule has 2 aromatic carbocycles. The van der Waals surface area contributed by atoms with E-state index in [0.29, 0.717) is 13.0 Å². The molecule has 0 aliphatic carbocycles. The Balaban J connectivity index is 1.88. The van der Waals surface area contributed by atoms with E-state index in [1.807, 2.05) is 47.4 Å². The lowest BCUT2D eigenvalue weighted by molar-refractivity contribution is -0.132. The average molecular weight is 373 g/mol. The van der Waals surface area contributed by atoms with Gasteiger partial charge in [-0.25, -0.2) is 0 Å². The van der Waals surface area contributed by atoms with E-state index in [1.165, 1.54) is 0 Å². The van der Waals surface area contributed by atoms with Crippen LogP contribution in [0.15, 0.2) is 42.5 Å². The standard InChI is InChI=1S/C20H23NO4S/c1-23-16-6-4-15(5-7-16)20-21(19(22)8-9-26-20)13-14-10-17(24-2)12-18(11-14)25-3/h4-7,10-12,20H,8-9,13H2,1-3H3. The molecule has 0 saturated carbocycles. The summed E-state index contributed by atoms with van der Waals surface area (Å²) in [6.45, 7) is 0.510. The Bertz CT molecular complexity index is 741. The van der Waals surface area contributed by atoms with Gasteiger partial charge in [-0.2, -0.15) is 0 Å². The molecule has 138 valence electrons. The summed E-state index contributed by atoms with van der Waals surface area (Å²) in [5.74, 6) is 3.24. The minimum Gasteiger partial charge on any atom is -0.497 e. The Labute approximate surface area is 158 Å². The molecule has 1 unspecified atom stereocenters. The van der Waals surface area contributed by atoms with Crippen molar-refractivity contribution in [1.82, 2.24) is 4.90 Å². The number of thioether (sulfide) groups is 1. The van der Waals surface area contributed by atoms with E-state index in [0.717, 1.165) is 34.1 Å². The van der Waals surface area contributed by atoms with Crippen LogP contribution < -0.4 is 14.2 Å². The summed E-state index contributed by atoms with van der Waals surface area (Å²) >= 11 is 1.78. The van der Waals surface area contributed by atoms with E-state index < -0.39 is 0 Å². The van der Waals surface area contributed by atoms with Crippen LogP contribution in [0.1, 0.15) is 22.9 Å². The molecule has 1 atom stereocenters. The molecule has 1 fully saturated rings. The Morgan fingerprint density at radius 1 is 0.962 bits per heavy atom. The number of hydrogen-bond acceptors (Lipinski definition) is 5. The minimum absolute atomic E-state index is 0.0145. The SMILES string of the molecule is COc1ccc(C2SCCC(=O)N2Cc2cc(OC)cc(OC)c2)cc1. The highest BCUT2D eigenvalue weighted by atomic mass is 32.2. The quantitative estimate of drug-likeness (QED) is 0.769. The van der Waals surface area contributed by atoms with Crippen molar-refractivity contribution in [2.24, 2.45) is 0 Å². The van der Waals surface area contributed by atoms with Gasteiger partial charge in [0.15, 0.2) is 0 Å². The third-order valence-electron chi connectivity index (χ3n) is 4.36. The number of carbonyl (C=O) groups is 1. The molecule has 0 N–H and O–H groups in total. The third-order valence-corrected chi connectivity index (χ3v) is 5.64. The van der Waals surface area contributed by atoms with Crippen LogP contribution in [0.4, 0.5) is 0 Å². The van der Waals surface area contributed by atoms with E-state index >= 15 is 0 Å². The van der Waals surface area contributed by atoms with Crippen LogP contribution >= 0.6 is 11.8 Å². The van der Waals surface area contributed by atoms with Gasteiger partial charge in [-0.15, -0.1) is 11.8 Å². The molecule has 1 aliphatic rings. The Kier molecular flexibility index (Phi) is 5.93. The van der Waals surface area contributed by atoms with Crippen LogP contribution in [0.25, 0.3) is 0 Å². The molecule has 2 aromatic rings. The van der Waals surface area contributed by atoms with Crippen LogP contribution in [0.3, 0.4) is 0 Å². The molecule has 0 bridgehead atoms. The summed E-state index contributed by atoms with van der Waals surface area (Å²) in [4.78, 5) is 14.6. The Hall–Kier alpha value is -2.34. The van der Waals surface area contributed by atoms with Crippen molar-refractivity contribution in [3.8, 4) is 17.2 Å². The van der Waals surface area contributed by atoms with Crippen molar-refractivity contribution < 1.29 is 19.0 Å². The number of hydrogen-bond donors (Lipinski definition) is 0. The monoisotopic (exact) mass is 373 g/mol. The highest BCUT2D eigenvalue weighted by Gasteiger charge is 2.30. The Morgan fingerprint density at radius 3 is 2.15 bits per heavy atom. The van der Waals surface area contributed by atoms with Crippen LogP contribution in [0.2, 0.25) is 0 Å². The predicted molar refractivity (Wildman–Crippen MR) is 103 cm³/mol. The van der Waals surface area contributed by atoms with Crippen molar-refractivity contribution in [2.45, 2.75) is 18.3 Å². The molecule has 6 heteroatoms. The van der Waals surface area contributed by atoms with Crippen LogP contribution in [0.5, 0.6) is 17.2 Å². The zero-order chi connectivity index (χ0) is 18.5. The molecule has 26 heavy (non-hydrogen) atoms. The van der Waals surface area contributed by atoms with Crippen molar-refractivity contribution in [2.75, 3.05) is 27.1 Å². The number of benzene rings is 2. The van der Waals surface area contributed by atoms with Crippen molar-refractivity contribution in [3.63, 3.8) is 0 Å². The minimum atomic E-state index is -0.0145. The van der Waals surface area contributed by atoms with E-state index in [2.05, 4.69) is 0 Å². The summed E-state index contributed by atoms with van der Waals surface area (Å²) < 4.78 is 15.9. The first-order valence-corrected chi connectivity index (χ1v) is 9.46. The molecule has 1 amide bonds. The molecule has 1 heterocycles. The maximum Gasteiger partial charge on any atom is 0.224 e. The van der Waals surface area contributed by atoms with E-state index in [9.17, 15) is 4.79 Å². The maximum atomic E-state index is 12.6. The van der Waals surface area contributed by atoms with Gasteiger partial charge in [-0.1, -0.05) is 12.1 Å². The third kappa shape index (κ3) is 4.07. The summed E-state index contributed by atoms with van der Waals surface area (Å²) in [6, 6.07) is 13.6. The molecule has 1 saturated heterocycles. The lowest BCUT2D eigenvalue weighted by atomic mass is 10.1. The van der Waals surface area contributed by atoms with Gasteiger partial charge in [0.1, 0.15) is 22.6 Å². The van der Waals surface area contributed by atoms with Crippen molar-refractivity contribution in [1.29, 1.82) is 0 Å². The fourth-order valence-corrected chi connectivity index (χ4v) is 4.23. The van der Waals surface area contributed by atoms with Gasteiger partial charge in [-0.05, 0) is 35.4 Å². The lowest BCUT2D eigenvalue weighted by Gasteiger charge is -2.35. The highest BCUT2D eigenvalue weighted by Crippen LogP contribution is 2.39. The lowest BCUT2D eigenvalue weighted by Crippen LogP contribution is -2.36. The first-order valence-electron chi connectivity index (χ1n) is 8.41. The topological polar surface area (TPSA) is 48.0 Å². The Morgan fingerprint density at radius 2 is 1.58 bits per heavy atom. The average Bonchev–Trinajstić information content (AvgIpc) is 2.69. The highest BCUT2D eigenvalue weighted by molar-refractivity contribution is 7.99. The normalized spacial score (nSPS) is 17.1. The number of methoxy groups -OCH3 is 3. The molecule has 3 rings (SSSR count). The first-order chi connectivity index (χ1) is 12.6. The first kappa shape index (κ1) is 18.5. The van der Waals surface area contributed by atoms with Gasteiger partial charge in [0, 0.05) is 24.8 Å². The smallest absolute Gasteiger partial charge is 0.224 e. The van der Waals surface area contributed by atoms with Crippen molar-refractivity contribution >= 4 is 17.7 Å². The number of carbonyl (C=O) groups excluding carboxylic acids is 1. The molecular formula is C20H23NO4S. The second-order valence-electron chi connectivity index (χ2n) is 5.99. The maximum absolute atomic E-state index is 12.6. The second-order valence-corrected chi connectivity index (χ2v) is 7.18. The van der Waals surface area contributed by atoms with E-state index in [4.69, 9.17) is 14.2 Å². The fraction of sp³-hybridized carbons (Fsp3) is 0.350. The van der Waals surface area contributed by atoms with Gasteiger partial charge in [0.25, 0.3) is 0 Å². The molecule has 5 nitrogen and oxygen atoms in total. The fourth-order valence-electron chi connectivity index (χ4n) is 2.99. The molecule has 0 aromatic heterocycles. The van der Waals surface area contributed by atoms with Gasteiger partial charge in [0.05, 0.1) is 21.3 Å². The van der Waals surface area contributed by atoms with Crippen LogP contribution in [-0.2, 0) is 11.3 Å². The van der Waals surface area contributed by atoms with Gasteiger partial charge >= 0.3 is 0 Å². The summed E-state index contributed by atoms with van der Waals surface area (Å²) in [7, 11) is 4.90. The zero-order valence-electron chi connectivity index (χ0n) is 15.2. The number of amides is 1. The summed E-state index contributed by atoms with van der Waals surface area (Å²) in [5.41, 5.74) is 2.08. The van der Waals surface area contributed by atoms with E-state index in [-0.39, 0.29) is 11.3 Å². The second kappa shape index (κ2) is 8.36. The molecular weight excluding hydrogens is 350 g/mol. The number of nitrogens with zero attached hydrogens (tertiary/aromatic N) is 1. The molecule has 0 radical (unpaired) electrons. The van der Waals surface area contributed by atoms with E-state index in [1.54, 1.807) is 33.1 Å². The number of rotatable bonds is 6. The van der Waals surface area contributed by atoms with Crippen LogP contribution in [0, 0.1) is 0 Å². The van der Waals surface area contributed by atoms with Gasteiger partial charge in [-0.3, -0.25) is 4.79 Å². The van der Waals surface area contributed by atoms with Gasteiger partial charge in [0.2, 0.25) is 5.91 Å². The summed E-state index contributed by atoms with van der Waals surface area (Å²) in [6.07, 6.45) is 0.554. The number of ether oxygens (including phenoxy) is 3. The van der Waals surface area contributed by atoms with Gasteiger partial charge < -0.3 is 19.1 Å². The zero-order valence-corrected chi connectivity index (χ0v) is 16.0. The van der Waals surface area contributed by atoms with Crippen LogP contribution in [-0.4, -0.2) is 37.9 Å².